The van der Waals surface area contributed by atoms with E-state index in [1.54, 1.807) is 0 Å². The topological polar surface area (TPSA) is 52.0 Å². The fourth-order valence-corrected chi connectivity index (χ4v) is 2.16. The molecular weight excluding hydrogens is 176 g/mol. The van der Waals surface area contributed by atoms with Crippen LogP contribution in [0.15, 0.2) is 4.52 Å². The van der Waals surface area contributed by atoms with Crippen LogP contribution in [0.3, 0.4) is 0 Å². The molecule has 78 valence electrons. The highest BCUT2D eigenvalue weighted by Crippen LogP contribution is 2.39. The Labute approximate surface area is 84.7 Å². The van der Waals surface area contributed by atoms with E-state index in [2.05, 4.69) is 25.9 Å². The second kappa shape index (κ2) is 3.09. The summed E-state index contributed by atoms with van der Waals surface area (Å²) in [6.07, 6.45) is 2.12. The van der Waals surface area contributed by atoms with E-state index in [0.717, 1.165) is 24.3 Å². The Morgan fingerprint density at radius 3 is 2.79 bits per heavy atom. The van der Waals surface area contributed by atoms with Gasteiger partial charge < -0.3 is 10.3 Å². The van der Waals surface area contributed by atoms with E-state index >= 15 is 0 Å². The molecular formula is C11H18N2O. The first kappa shape index (κ1) is 9.71. The van der Waals surface area contributed by atoms with Gasteiger partial charge in [-0.1, -0.05) is 25.9 Å². The maximum Gasteiger partial charge on any atom is 0.140 e. The van der Waals surface area contributed by atoms with Gasteiger partial charge in [-0.15, -0.1) is 0 Å². The number of fused-ring (bicyclic) bond motifs is 1. The first-order chi connectivity index (χ1) is 6.54. The molecule has 1 aromatic heterocycles. The lowest BCUT2D eigenvalue weighted by atomic mass is 9.86. The van der Waals surface area contributed by atoms with Gasteiger partial charge in [0.05, 0.1) is 5.69 Å². The highest BCUT2D eigenvalue weighted by atomic mass is 16.5. The second-order valence-electron chi connectivity index (χ2n) is 5.09. The van der Waals surface area contributed by atoms with Crippen molar-refractivity contribution in [2.24, 2.45) is 5.73 Å². The summed E-state index contributed by atoms with van der Waals surface area (Å²) in [5.74, 6) is 1.52. The quantitative estimate of drug-likeness (QED) is 0.743. The van der Waals surface area contributed by atoms with Crippen LogP contribution >= 0.6 is 0 Å². The SMILES string of the molecule is CC(C)(C)c1noc2c1C(CN)CC2. The van der Waals surface area contributed by atoms with E-state index in [1.165, 1.54) is 5.56 Å². The van der Waals surface area contributed by atoms with E-state index < -0.39 is 0 Å². The van der Waals surface area contributed by atoms with Gasteiger partial charge >= 0.3 is 0 Å². The summed E-state index contributed by atoms with van der Waals surface area (Å²) in [4.78, 5) is 0. The molecule has 0 spiro atoms. The lowest BCUT2D eigenvalue weighted by molar-refractivity contribution is 0.364. The maximum atomic E-state index is 5.75. The third-order valence-corrected chi connectivity index (χ3v) is 2.93. The minimum atomic E-state index is 0.0643. The van der Waals surface area contributed by atoms with Crippen LogP contribution in [0.25, 0.3) is 0 Å². The van der Waals surface area contributed by atoms with Crippen molar-refractivity contribution in [3.05, 3.63) is 17.0 Å². The molecule has 1 aliphatic rings. The van der Waals surface area contributed by atoms with Crippen LogP contribution in [0.4, 0.5) is 0 Å². The zero-order valence-corrected chi connectivity index (χ0v) is 9.13. The molecule has 0 aliphatic heterocycles. The molecule has 1 atom stereocenters. The van der Waals surface area contributed by atoms with Gasteiger partial charge in [-0.05, 0) is 13.0 Å². The van der Waals surface area contributed by atoms with Crippen LogP contribution in [0.5, 0.6) is 0 Å². The van der Waals surface area contributed by atoms with Gasteiger partial charge in [0.25, 0.3) is 0 Å². The van der Waals surface area contributed by atoms with Gasteiger partial charge in [0.2, 0.25) is 0 Å². The van der Waals surface area contributed by atoms with Crippen LogP contribution < -0.4 is 5.73 Å². The minimum Gasteiger partial charge on any atom is -0.361 e. The van der Waals surface area contributed by atoms with Gasteiger partial charge in [-0.25, -0.2) is 0 Å². The highest BCUT2D eigenvalue weighted by Gasteiger charge is 2.34. The summed E-state index contributed by atoms with van der Waals surface area (Å²) in [6.45, 7) is 7.20. The average molecular weight is 194 g/mol. The Kier molecular flexibility index (Phi) is 2.14. The molecule has 0 saturated carbocycles. The monoisotopic (exact) mass is 194 g/mol. The number of nitrogens with zero attached hydrogens (tertiary/aromatic N) is 1. The second-order valence-corrected chi connectivity index (χ2v) is 5.09. The van der Waals surface area contributed by atoms with Crippen molar-refractivity contribution in [1.29, 1.82) is 0 Å². The number of hydrogen-bond acceptors (Lipinski definition) is 3. The summed E-state index contributed by atoms with van der Waals surface area (Å²) in [7, 11) is 0. The average Bonchev–Trinajstić information content (AvgIpc) is 2.59. The van der Waals surface area contributed by atoms with E-state index in [9.17, 15) is 0 Å². The fourth-order valence-electron chi connectivity index (χ4n) is 2.16. The number of aromatic nitrogens is 1. The Balaban J connectivity index is 2.45. The van der Waals surface area contributed by atoms with Gasteiger partial charge in [-0.3, -0.25) is 0 Å². The van der Waals surface area contributed by atoms with Crippen molar-refractivity contribution >= 4 is 0 Å². The number of nitrogens with two attached hydrogens (primary N) is 1. The zero-order chi connectivity index (χ0) is 10.3. The van der Waals surface area contributed by atoms with Gasteiger partial charge in [0.15, 0.2) is 0 Å². The molecule has 14 heavy (non-hydrogen) atoms. The molecule has 0 amide bonds. The molecule has 0 aromatic carbocycles. The van der Waals surface area contributed by atoms with E-state index in [-0.39, 0.29) is 5.41 Å². The lowest BCUT2D eigenvalue weighted by Gasteiger charge is -2.18. The largest absolute Gasteiger partial charge is 0.361 e. The van der Waals surface area contributed by atoms with Crippen LogP contribution in [-0.4, -0.2) is 11.7 Å². The molecule has 0 saturated heterocycles. The van der Waals surface area contributed by atoms with Crippen molar-refractivity contribution in [3.8, 4) is 0 Å². The molecule has 1 heterocycles. The van der Waals surface area contributed by atoms with E-state index in [4.69, 9.17) is 10.3 Å². The third kappa shape index (κ3) is 1.36. The Bertz CT molecular complexity index is 336. The van der Waals surface area contributed by atoms with Gasteiger partial charge in [0.1, 0.15) is 5.76 Å². The first-order valence-electron chi connectivity index (χ1n) is 5.23. The van der Waals surface area contributed by atoms with Crippen LogP contribution in [0.1, 0.15) is 50.1 Å². The summed E-state index contributed by atoms with van der Waals surface area (Å²) >= 11 is 0. The predicted octanol–water partition coefficient (Wildman–Crippen LogP) is 1.96. The Morgan fingerprint density at radius 2 is 2.21 bits per heavy atom. The molecule has 1 unspecified atom stereocenters. The molecule has 1 aromatic rings. The minimum absolute atomic E-state index is 0.0643. The molecule has 1 aliphatic carbocycles. The van der Waals surface area contributed by atoms with Crippen molar-refractivity contribution in [3.63, 3.8) is 0 Å². The van der Waals surface area contributed by atoms with Crippen molar-refractivity contribution in [2.75, 3.05) is 6.54 Å². The molecule has 2 rings (SSSR count). The van der Waals surface area contributed by atoms with Crippen molar-refractivity contribution < 1.29 is 4.52 Å². The molecule has 0 bridgehead atoms. The van der Waals surface area contributed by atoms with E-state index in [0.29, 0.717) is 12.5 Å². The normalized spacial score (nSPS) is 21.3. The maximum absolute atomic E-state index is 5.75. The fraction of sp³-hybridized carbons (Fsp3) is 0.727. The Hall–Kier alpha value is -0.830. The first-order valence-corrected chi connectivity index (χ1v) is 5.23. The van der Waals surface area contributed by atoms with Crippen LogP contribution in [0.2, 0.25) is 0 Å². The van der Waals surface area contributed by atoms with Crippen LogP contribution in [-0.2, 0) is 11.8 Å². The highest BCUT2D eigenvalue weighted by molar-refractivity contribution is 5.35. The molecule has 2 N–H and O–H groups in total. The van der Waals surface area contributed by atoms with Crippen LogP contribution in [0, 0.1) is 0 Å². The van der Waals surface area contributed by atoms with Crippen molar-refractivity contribution in [2.45, 2.75) is 44.9 Å². The summed E-state index contributed by atoms with van der Waals surface area (Å²) in [5, 5.41) is 4.18. The summed E-state index contributed by atoms with van der Waals surface area (Å²) in [6, 6.07) is 0. The number of aryl methyl sites for hydroxylation is 1. The van der Waals surface area contributed by atoms with E-state index in [1.807, 2.05) is 0 Å². The standard InChI is InChI=1S/C11H18N2O/c1-11(2,3)10-9-7(6-12)4-5-8(9)14-13-10/h7H,4-6,12H2,1-3H3. The summed E-state index contributed by atoms with van der Waals surface area (Å²) in [5.41, 5.74) is 8.20. The predicted molar refractivity (Wildman–Crippen MR) is 55.3 cm³/mol. The zero-order valence-electron chi connectivity index (χ0n) is 9.13. The Morgan fingerprint density at radius 1 is 1.50 bits per heavy atom. The summed E-state index contributed by atoms with van der Waals surface area (Å²) < 4.78 is 5.36. The number of rotatable bonds is 1. The third-order valence-electron chi connectivity index (χ3n) is 2.93. The van der Waals surface area contributed by atoms with Gasteiger partial charge in [0, 0.05) is 23.3 Å². The lowest BCUT2D eigenvalue weighted by Crippen LogP contribution is -2.18. The molecule has 0 radical (unpaired) electrons. The molecule has 3 heteroatoms. The smallest absolute Gasteiger partial charge is 0.140 e. The molecule has 0 fully saturated rings. The van der Waals surface area contributed by atoms with Gasteiger partial charge in [-0.2, -0.15) is 0 Å². The molecule has 3 nitrogen and oxygen atoms in total. The number of hydrogen-bond donors (Lipinski definition) is 1. The van der Waals surface area contributed by atoms with Crippen molar-refractivity contribution in [1.82, 2.24) is 5.16 Å².